The Morgan fingerprint density at radius 3 is 2.50 bits per heavy atom. The van der Waals surface area contributed by atoms with E-state index in [1.165, 1.54) is 0 Å². The van der Waals surface area contributed by atoms with Gasteiger partial charge in [0.25, 0.3) is 5.91 Å². The minimum absolute atomic E-state index is 0.0355. The van der Waals surface area contributed by atoms with Crippen molar-refractivity contribution in [2.75, 3.05) is 43.1 Å². The predicted octanol–water partition coefficient (Wildman–Crippen LogP) is 1.64. The van der Waals surface area contributed by atoms with Gasteiger partial charge in [0.05, 0.1) is 31.0 Å². The zero-order chi connectivity index (χ0) is 24.2. The molecule has 1 aliphatic rings. The number of hydrogen-bond donors (Lipinski definition) is 2. The van der Waals surface area contributed by atoms with Crippen molar-refractivity contribution in [1.29, 1.82) is 0 Å². The van der Waals surface area contributed by atoms with Crippen LogP contribution in [0.25, 0.3) is 11.2 Å². The number of hydrogen-bond acceptors (Lipinski definition) is 10. The van der Waals surface area contributed by atoms with Crippen LogP contribution in [-0.4, -0.2) is 63.5 Å². The van der Waals surface area contributed by atoms with E-state index >= 15 is 0 Å². The molecule has 0 spiro atoms. The summed E-state index contributed by atoms with van der Waals surface area (Å²) in [6.45, 7) is 3.74. The SMILES string of the molecule is CCOC(=O)C1CCN(C(=O)c2ccc(N(C)Cc3cnc4nc(N)nc(N)c4n3)cc2)CC1. The number of piperidine rings is 1. The number of aromatic nitrogens is 4. The lowest BCUT2D eigenvalue weighted by Crippen LogP contribution is -2.40. The summed E-state index contributed by atoms with van der Waals surface area (Å²) in [7, 11) is 1.92. The van der Waals surface area contributed by atoms with Gasteiger partial charge in [-0.25, -0.2) is 9.97 Å². The van der Waals surface area contributed by atoms with Crippen molar-refractivity contribution < 1.29 is 14.3 Å². The van der Waals surface area contributed by atoms with Gasteiger partial charge in [0.15, 0.2) is 17.0 Å². The van der Waals surface area contributed by atoms with Crippen molar-refractivity contribution in [2.45, 2.75) is 26.3 Å². The Balaban J connectivity index is 1.38. The van der Waals surface area contributed by atoms with Gasteiger partial charge in [0, 0.05) is 31.4 Å². The molecule has 0 aliphatic carbocycles. The highest BCUT2D eigenvalue weighted by atomic mass is 16.5. The molecule has 0 unspecified atom stereocenters. The molecule has 2 aromatic heterocycles. The number of carbonyl (C=O) groups is 2. The predicted molar refractivity (Wildman–Crippen MR) is 128 cm³/mol. The van der Waals surface area contributed by atoms with Gasteiger partial charge in [0.2, 0.25) is 5.95 Å². The number of fused-ring (bicyclic) bond motifs is 1. The number of rotatable bonds is 6. The Morgan fingerprint density at radius 2 is 1.82 bits per heavy atom. The molecule has 1 aliphatic heterocycles. The van der Waals surface area contributed by atoms with Crippen LogP contribution < -0.4 is 16.4 Å². The fourth-order valence-corrected chi connectivity index (χ4v) is 4.01. The van der Waals surface area contributed by atoms with Gasteiger partial charge in [0.1, 0.15) is 0 Å². The van der Waals surface area contributed by atoms with Crippen LogP contribution in [-0.2, 0) is 16.1 Å². The van der Waals surface area contributed by atoms with Gasteiger partial charge in [-0.3, -0.25) is 9.59 Å². The highest BCUT2D eigenvalue weighted by Gasteiger charge is 2.28. The van der Waals surface area contributed by atoms with Crippen LogP contribution >= 0.6 is 0 Å². The summed E-state index contributed by atoms with van der Waals surface area (Å²) in [4.78, 5) is 45.4. The molecule has 0 saturated carbocycles. The van der Waals surface area contributed by atoms with Crippen LogP contribution in [0.2, 0.25) is 0 Å². The van der Waals surface area contributed by atoms with E-state index < -0.39 is 0 Å². The first kappa shape index (κ1) is 23.1. The largest absolute Gasteiger partial charge is 0.466 e. The summed E-state index contributed by atoms with van der Waals surface area (Å²) >= 11 is 0. The average Bonchev–Trinajstić information content (AvgIpc) is 2.84. The number of esters is 1. The van der Waals surface area contributed by atoms with E-state index in [1.54, 1.807) is 18.0 Å². The number of nitrogens with two attached hydrogens (primary N) is 2. The second-order valence-corrected chi connectivity index (χ2v) is 8.22. The van der Waals surface area contributed by atoms with Crippen LogP contribution in [0.1, 0.15) is 35.8 Å². The summed E-state index contributed by atoms with van der Waals surface area (Å²) < 4.78 is 5.10. The average molecular weight is 465 g/mol. The highest BCUT2D eigenvalue weighted by molar-refractivity contribution is 5.94. The van der Waals surface area contributed by atoms with Crippen LogP contribution in [0.4, 0.5) is 17.5 Å². The lowest BCUT2D eigenvalue weighted by molar-refractivity contribution is -0.149. The maximum atomic E-state index is 12.9. The van der Waals surface area contributed by atoms with Crippen molar-refractivity contribution >= 4 is 40.5 Å². The molecule has 1 saturated heterocycles. The van der Waals surface area contributed by atoms with Crippen LogP contribution in [0.5, 0.6) is 0 Å². The Hall–Kier alpha value is -4.02. The third-order valence-electron chi connectivity index (χ3n) is 5.86. The second kappa shape index (κ2) is 9.86. The minimum atomic E-state index is -0.169. The number of nitrogens with zero attached hydrogens (tertiary/aromatic N) is 6. The maximum absolute atomic E-state index is 12.9. The molecule has 178 valence electrons. The lowest BCUT2D eigenvalue weighted by Gasteiger charge is -2.31. The van der Waals surface area contributed by atoms with Crippen LogP contribution in [0.15, 0.2) is 30.5 Å². The van der Waals surface area contributed by atoms with E-state index in [9.17, 15) is 9.59 Å². The molecule has 34 heavy (non-hydrogen) atoms. The van der Waals surface area contributed by atoms with Gasteiger partial charge >= 0.3 is 5.97 Å². The first-order valence-corrected chi connectivity index (χ1v) is 11.2. The molecular weight excluding hydrogens is 436 g/mol. The summed E-state index contributed by atoms with van der Waals surface area (Å²) in [5.41, 5.74) is 14.5. The van der Waals surface area contributed by atoms with Gasteiger partial charge in [-0.1, -0.05) is 0 Å². The first-order valence-electron chi connectivity index (χ1n) is 11.2. The second-order valence-electron chi connectivity index (χ2n) is 8.22. The summed E-state index contributed by atoms with van der Waals surface area (Å²) in [5, 5.41) is 0. The Bertz CT molecular complexity index is 1190. The van der Waals surface area contributed by atoms with E-state index in [0.29, 0.717) is 61.5 Å². The minimum Gasteiger partial charge on any atom is -0.466 e. The van der Waals surface area contributed by atoms with Crippen molar-refractivity contribution in [3.63, 3.8) is 0 Å². The normalized spacial score (nSPS) is 14.2. The van der Waals surface area contributed by atoms with E-state index in [0.717, 1.165) is 5.69 Å². The van der Waals surface area contributed by atoms with E-state index in [2.05, 4.69) is 19.9 Å². The molecule has 4 rings (SSSR count). The third kappa shape index (κ3) is 4.98. The van der Waals surface area contributed by atoms with Crippen LogP contribution in [0, 0.1) is 5.92 Å². The van der Waals surface area contributed by atoms with Gasteiger partial charge in [-0.15, -0.1) is 0 Å². The molecule has 11 nitrogen and oxygen atoms in total. The monoisotopic (exact) mass is 464 g/mol. The molecule has 0 radical (unpaired) electrons. The third-order valence-corrected chi connectivity index (χ3v) is 5.86. The fraction of sp³-hybridized carbons (Fsp3) is 0.391. The van der Waals surface area contributed by atoms with Crippen molar-refractivity contribution in [2.24, 2.45) is 5.92 Å². The lowest BCUT2D eigenvalue weighted by atomic mass is 9.96. The zero-order valence-electron chi connectivity index (χ0n) is 19.3. The highest BCUT2D eigenvalue weighted by Crippen LogP contribution is 2.22. The van der Waals surface area contributed by atoms with Gasteiger partial charge in [-0.2, -0.15) is 9.97 Å². The molecular formula is C23H28N8O3. The number of anilines is 3. The Morgan fingerprint density at radius 1 is 1.12 bits per heavy atom. The summed E-state index contributed by atoms with van der Waals surface area (Å²) in [6, 6.07) is 7.41. The molecule has 3 heterocycles. The van der Waals surface area contributed by atoms with Gasteiger partial charge < -0.3 is 26.0 Å². The number of carbonyl (C=O) groups excluding carboxylic acids is 2. The summed E-state index contributed by atoms with van der Waals surface area (Å²) in [5.74, 6) is -0.0857. The number of likely N-dealkylation sites (tertiary alicyclic amines) is 1. The molecule has 1 aromatic carbocycles. The number of nitrogen functional groups attached to an aromatic ring is 2. The fourth-order valence-electron chi connectivity index (χ4n) is 4.01. The van der Waals surface area contributed by atoms with E-state index in [-0.39, 0.29) is 29.6 Å². The van der Waals surface area contributed by atoms with Crippen LogP contribution in [0.3, 0.4) is 0 Å². The standard InChI is InChI=1S/C23H28N8O3/c1-3-34-22(33)15-8-10-31(11-9-15)21(32)14-4-6-17(7-5-14)30(2)13-16-12-26-20-18(27-16)19(24)28-23(25)29-20/h4-7,12,15H,3,8-11,13H2,1-2H3,(H4,24,25,26,28,29). The number of benzene rings is 1. The van der Waals surface area contributed by atoms with Crippen molar-refractivity contribution in [1.82, 2.24) is 24.8 Å². The van der Waals surface area contributed by atoms with Crippen molar-refractivity contribution in [3.8, 4) is 0 Å². The maximum Gasteiger partial charge on any atom is 0.309 e. The Kier molecular flexibility index (Phi) is 6.71. The molecule has 11 heteroatoms. The van der Waals surface area contributed by atoms with Crippen molar-refractivity contribution in [3.05, 3.63) is 41.7 Å². The molecule has 1 amide bonds. The Labute approximate surface area is 197 Å². The molecule has 0 bridgehead atoms. The molecule has 3 aromatic rings. The quantitative estimate of drug-likeness (QED) is 0.515. The summed E-state index contributed by atoms with van der Waals surface area (Å²) in [6.07, 6.45) is 2.88. The van der Waals surface area contributed by atoms with Gasteiger partial charge in [-0.05, 0) is 44.0 Å². The number of ether oxygens (including phenoxy) is 1. The molecule has 1 fully saturated rings. The molecule has 0 atom stereocenters. The van der Waals surface area contributed by atoms with E-state index in [4.69, 9.17) is 16.2 Å². The smallest absolute Gasteiger partial charge is 0.309 e. The molecule has 4 N–H and O–H groups in total. The first-order chi connectivity index (χ1) is 16.4. The number of amides is 1. The topological polar surface area (TPSA) is 153 Å². The van der Waals surface area contributed by atoms with E-state index in [1.807, 2.05) is 36.2 Å². The zero-order valence-corrected chi connectivity index (χ0v) is 19.3.